The Balaban J connectivity index is 1.45. The van der Waals surface area contributed by atoms with E-state index in [2.05, 4.69) is 10.4 Å². The zero-order valence-electron chi connectivity index (χ0n) is 17.4. The van der Waals surface area contributed by atoms with Crippen LogP contribution in [0.15, 0.2) is 60.9 Å². The Kier molecular flexibility index (Phi) is 6.53. The molecule has 0 aliphatic carbocycles. The first-order chi connectivity index (χ1) is 15.5. The van der Waals surface area contributed by atoms with Gasteiger partial charge in [0.2, 0.25) is 0 Å². The van der Waals surface area contributed by atoms with E-state index in [-0.39, 0.29) is 18.5 Å². The summed E-state index contributed by atoms with van der Waals surface area (Å²) >= 11 is 6.16. The number of hydrogen-bond donors (Lipinski definition) is 1. The number of rotatable bonds is 6. The first-order valence-corrected chi connectivity index (χ1v) is 10.5. The number of esters is 1. The summed E-state index contributed by atoms with van der Waals surface area (Å²) < 4.78 is 20.9. The van der Waals surface area contributed by atoms with E-state index in [9.17, 15) is 14.0 Å². The number of hydrogen-bond acceptors (Lipinski definition) is 5. The molecule has 2 atom stereocenters. The molecule has 0 bridgehead atoms. The van der Waals surface area contributed by atoms with Crippen LogP contribution in [-0.4, -0.2) is 52.3 Å². The lowest BCUT2D eigenvalue weighted by Crippen LogP contribution is -2.38. The molecule has 7 nitrogen and oxygen atoms in total. The van der Waals surface area contributed by atoms with Crippen molar-refractivity contribution in [1.29, 1.82) is 0 Å². The average molecular weight is 457 g/mol. The topological polar surface area (TPSA) is 76.5 Å². The summed E-state index contributed by atoms with van der Waals surface area (Å²) in [4.78, 5) is 26.9. The Labute approximate surface area is 189 Å². The first-order valence-electron chi connectivity index (χ1n) is 10.1. The van der Waals surface area contributed by atoms with E-state index in [1.54, 1.807) is 46.1 Å². The van der Waals surface area contributed by atoms with Crippen LogP contribution in [0, 0.1) is 5.82 Å². The Morgan fingerprint density at radius 3 is 2.66 bits per heavy atom. The van der Waals surface area contributed by atoms with Crippen LogP contribution < -0.4 is 5.32 Å². The van der Waals surface area contributed by atoms with Crippen LogP contribution in [-0.2, 0) is 16.1 Å². The van der Waals surface area contributed by atoms with Gasteiger partial charge >= 0.3 is 5.97 Å². The molecule has 1 amide bonds. The van der Waals surface area contributed by atoms with E-state index >= 15 is 0 Å². The molecule has 9 heteroatoms. The fourth-order valence-electron chi connectivity index (χ4n) is 3.91. The quantitative estimate of drug-likeness (QED) is 0.576. The second-order valence-corrected chi connectivity index (χ2v) is 7.98. The monoisotopic (exact) mass is 456 g/mol. The van der Waals surface area contributed by atoms with Gasteiger partial charge < -0.3 is 10.1 Å². The van der Waals surface area contributed by atoms with Crippen molar-refractivity contribution in [3.63, 3.8) is 0 Å². The molecule has 1 N–H and O–H groups in total. The van der Waals surface area contributed by atoms with Crippen molar-refractivity contribution >= 4 is 23.5 Å². The van der Waals surface area contributed by atoms with Crippen molar-refractivity contribution in [1.82, 2.24) is 20.0 Å². The van der Waals surface area contributed by atoms with E-state index in [1.165, 1.54) is 19.2 Å². The molecule has 0 radical (unpaired) electrons. The Morgan fingerprint density at radius 2 is 2.00 bits per heavy atom. The summed E-state index contributed by atoms with van der Waals surface area (Å²) in [5.74, 6) is -1.12. The van der Waals surface area contributed by atoms with Crippen molar-refractivity contribution in [2.75, 3.05) is 13.7 Å². The van der Waals surface area contributed by atoms with Gasteiger partial charge in [0.1, 0.15) is 11.9 Å². The molecule has 0 unspecified atom stereocenters. The maximum absolute atomic E-state index is 14.3. The van der Waals surface area contributed by atoms with Gasteiger partial charge in [0.15, 0.2) is 0 Å². The molecule has 0 saturated carbocycles. The minimum atomic E-state index is -0.608. The van der Waals surface area contributed by atoms with Crippen molar-refractivity contribution in [3.8, 4) is 5.69 Å². The van der Waals surface area contributed by atoms with Crippen LogP contribution in [0.2, 0.25) is 5.02 Å². The smallest absolute Gasteiger partial charge is 0.323 e. The standard InChI is InChI=1S/C23H22ClFN4O3/c1-32-23(31)21-12-16(13-28(21)14-18-19(24)4-2-5-20(18)25)27-22(30)15-6-8-17(9-7-15)29-11-3-10-26-29/h2-11,16,21H,12-14H2,1H3,(H,27,30)/t16-,21+/m1/s1. The number of aromatic nitrogens is 2. The maximum atomic E-state index is 14.3. The van der Waals surface area contributed by atoms with Crippen LogP contribution in [0.1, 0.15) is 22.3 Å². The normalized spacial score (nSPS) is 18.5. The molecule has 1 fully saturated rings. The van der Waals surface area contributed by atoms with Crippen LogP contribution >= 0.6 is 11.6 Å². The van der Waals surface area contributed by atoms with Gasteiger partial charge in [0.05, 0.1) is 12.8 Å². The number of nitrogens with one attached hydrogen (secondary N) is 1. The molecular formula is C23H22ClFN4O3. The molecule has 4 rings (SSSR count). The largest absolute Gasteiger partial charge is 0.468 e. The first kappa shape index (κ1) is 22.0. The highest BCUT2D eigenvalue weighted by Crippen LogP contribution is 2.27. The molecule has 1 aliphatic heterocycles. The van der Waals surface area contributed by atoms with Crippen molar-refractivity contribution < 1.29 is 18.7 Å². The third-order valence-electron chi connectivity index (χ3n) is 5.53. The molecule has 1 aliphatic rings. The fourth-order valence-corrected chi connectivity index (χ4v) is 4.13. The SMILES string of the molecule is COC(=O)[C@@H]1C[C@@H](NC(=O)c2ccc(-n3cccn3)cc2)CN1Cc1c(F)cccc1Cl. The third-order valence-corrected chi connectivity index (χ3v) is 5.89. The van der Waals surface area contributed by atoms with Crippen molar-refractivity contribution in [2.45, 2.75) is 25.0 Å². The summed E-state index contributed by atoms with van der Waals surface area (Å²) in [5, 5.41) is 7.42. The highest BCUT2D eigenvalue weighted by Gasteiger charge is 2.38. The van der Waals surface area contributed by atoms with Gasteiger partial charge in [-0.3, -0.25) is 14.5 Å². The average Bonchev–Trinajstić information content (AvgIpc) is 3.46. The zero-order chi connectivity index (χ0) is 22.7. The number of halogens is 2. The Hall–Kier alpha value is -3.23. The fraction of sp³-hybridized carbons (Fsp3) is 0.261. The van der Waals surface area contributed by atoms with Crippen LogP contribution in [0.3, 0.4) is 0 Å². The number of likely N-dealkylation sites (tertiary alicyclic amines) is 1. The number of methoxy groups -OCH3 is 1. The molecule has 166 valence electrons. The lowest BCUT2D eigenvalue weighted by atomic mass is 10.1. The van der Waals surface area contributed by atoms with E-state index in [0.717, 1.165) is 5.69 Å². The molecule has 32 heavy (non-hydrogen) atoms. The number of amides is 1. The minimum Gasteiger partial charge on any atom is -0.468 e. The molecule has 2 heterocycles. The van der Waals surface area contributed by atoms with Crippen LogP contribution in [0.25, 0.3) is 5.69 Å². The third kappa shape index (κ3) is 4.66. The molecule has 1 aromatic heterocycles. The molecule has 1 saturated heterocycles. The van der Waals surface area contributed by atoms with Gasteiger partial charge in [-0.25, -0.2) is 9.07 Å². The zero-order valence-corrected chi connectivity index (χ0v) is 18.1. The number of carbonyl (C=O) groups is 2. The second-order valence-electron chi connectivity index (χ2n) is 7.57. The van der Waals surface area contributed by atoms with E-state index < -0.39 is 17.8 Å². The number of carbonyl (C=O) groups excluding carboxylic acids is 2. The van der Waals surface area contributed by atoms with Crippen molar-refractivity contribution in [2.24, 2.45) is 0 Å². The van der Waals surface area contributed by atoms with Gasteiger partial charge in [-0.1, -0.05) is 17.7 Å². The molecule has 2 aromatic carbocycles. The Bertz CT molecular complexity index is 1080. The van der Waals surface area contributed by atoms with Crippen molar-refractivity contribution in [3.05, 3.63) is 82.9 Å². The van der Waals surface area contributed by atoms with Gasteiger partial charge in [0.25, 0.3) is 5.91 Å². The van der Waals surface area contributed by atoms with Gasteiger partial charge in [0, 0.05) is 47.7 Å². The lowest BCUT2D eigenvalue weighted by Gasteiger charge is -2.23. The van der Waals surface area contributed by atoms with E-state index in [1.807, 2.05) is 12.3 Å². The predicted molar refractivity (Wildman–Crippen MR) is 117 cm³/mol. The minimum absolute atomic E-state index is 0.135. The lowest BCUT2D eigenvalue weighted by molar-refractivity contribution is -0.146. The number of ether oxygens (including phenoxy) is 1. The van der Waals surface area contributed by atoms with Crippen LogP contribution in [0.5, 0.6) is 0 Å². The number of benzene rings is 2. The summed E-state index contributed by atoms with van der Waals surface area (Å²) in [6.07, 6.45) is 3.85. The second kappa shape index (κ2) is 9.50. The summed E-state index contributed by atoms with van der Waals surface area (Å²) in [6.45, 7) is 0.498. The summed E-state index contributed by atoms with van der Waals surface area (Å²) in [5.41, 5.74) is 1.64. The summed E-state index contributed by atoms with van der Waals surface area (Å²) in [6, 6.07) is 12.4. The van der Waals surface area contributed by atoms with Crippen LogP contribution in [0.4, 0.5) is 4.39 Å². The van der Waals surface area contributed by atoms with E-state index in [4.69, 9.17) is 16.3 Å². The molecular weight excluding hydrogens is 435 g/mol. The van der Waals surface area contributed by atoms with E-state index in [0.29, 0.717) is 29.1 Å². The Morgan fingerprint density at radius 1 is 1.22 bits per heavy atom. The highest BCUT2D eigenvalue weighted by atomic mass is 35.5. The molecule has 0 spiro atoms. The predicted octanol–water partition coefficient (Wildman–Crippen LogP) is 3.21. The highest BCUT2D eigenvalue weighted by molar-refractivity contribution is 6.31. The molecule has 3 aromatic rings. The van der Waals surface area contributed by atoms with Gasteiger partial charge in [-0.15, -0.1) is 0 Å². The number of nitrogens with zero attached hydrogens (tertiary/aromatic N) is 3. The van der Waals surface area contributed by atoms with Gasteiger partial charge in [-0.2, -0.15) is 5.10 Å². The summed E-state index contributed by atoms with van der Waals surface area (Å²) in [7, 11) is 1.31. The van der Waals surface area contributed by atoms with Gasteiger partial charge in [-0.05, 0) is 48.9 Å². The maximum Gasteiger partial charge on any atom is 0.323 e.